The molecule has 7 heteroatoms. The fraction of sp³-hybridized carbons (Fsp3) is 0.455. The average Bonchev–Trinajstić information content (AvgIpc) is 2.24. The number of halogens is 1. The third kappa shape index (κ3) is 3.94. The molecule has 0 amide bonds. The fourth-order valence-electron chi connectivity index (χ4n) is 1.49. The SMILES string of the molecule is CC(N)CCN(C)c1ccc(S(N)(=O)=O)cc1F. The van der Waals surface area contributed by atoms with E-state index in [0.29, 0.717) is 18.7 Å². The summed E-state index contributed by atoms with van der Waals surface area (Å²) < 4.78 is 35.9. The monoisotopic (exact) mass is 275 g/mol. The molecule has 0 aromatic heterocycles. The number of sulfonamides is 1. The van der Waals surface area contributed by atoms with E-state index in [-0.39, 0.29) is 10.9 Å². The van der Waals surface area contributed by atoms with Gasteiger partial charge in [0.05, 0.1) is 10.6 Å². The van der Waals surface area contributed by atoms with Gasteiger partial charge in [0.2, 0.25) is 10.0 Å². The number of nitrogens with zero attached hydrogens (tertiary/aromatic N) is 1. The fourth-order valence-corrected chi connectivity index (χ4v) is 2.02. The predicted octanol–water partition coefficient (Wildman–Crippen LogP) is 0.647. The summed E-state index contributed by atoms with van der Waals surface area (Å²) in [4.78, 5) is 1.45. The van der Waals surface area contributed by atoms with Crippen molar-refractivity contribution < 1.29 is 12.8 Å². The number of hydrogen-bond donors (Lipinski definition) is 2. The highest BCUT2D eigenvalue weighted by Gasteiger charge is 2.13. The molecule has 18 heavy (non-hydrogen) atoms. The van der Waals surface area contributed by atoms with Crippen molar-refractivity contribution >= 4 is 15.7 Å². The van der Waals surface area contributed by atoms with E-state index in [4.69, 9.17) is 10.9 Å². The van der Waals surface area contributed by atoms with Gasteiger partial charge < -0.3 is 10.6 Å². The second-order valence-corrected chi connectivity index (χ2v) is 5.91. The molecule has 5 nitrogen and oxygen atoms in total. The molecule has 0 fully saturated rings. The quantitative estimate of drug-likeness (QED) is 0.825. The van der Waals surface area contributed by atoms with Gasteiger partial charge in [0.25, 0.3) is 0 Å². The topological polar surface area (TPSA) is 89.4 Å². The van der Waals surface area contributed by atoms with Gasteiger partial charge in [-0.3, -0.25) is 0 Å². The van der Waals surface area contributed by atoms with E-state index in [9.17, 15) is 12.8 Å². The van der Waals surface area contributed by atoms with Crippen LogP contribution in [0, 0.1) is 5.82 Å². The van der Waals surface area contributed by atoms with E-state index in [1.165, 1.54) is 12.1 Å². The zero-order valence-corrected chi connectivity index (χ0v) is 11.2. The summed E-state index contributed by atoms with van der Waals surface area (Å²) in [5.74, 6) is -0.617. The maximum atomic E-state index is 13.8. The molecule has 1 unspecified atom stereocenters. The van der Waals surface area contributed by atoms with Crippen LogP contribution in [0.1, 0.15) is 13.3 Å². The molecule has 0 heterocycles. The van der Waals surface area contributed by atoms with Crippen LogP contribution in [0.5, 0.6) is 0 Å². The Morgan fingerprint density at radius 2 is 2.06 bits per heavy atom. The summed E-state index contributed by atoms with van der Waals surface area (Å²) in [6, 6.07) is 3.64. The molecule has 1 atom stereocenters. The van der Waals surface area contributed by atoms with Crippen LogP contribution in [0.25, 0.3) is 0 Å². The lowest BCUT2D eigenvalue weighted by atomic mass is 10.2. The van der Waals surface area contributed by atoms with Gasteiger partial charge in [-0.25, -0.2) is 17.9 Å². The van der Waals surface area contributed by atoms with Crippen molar-refractivity contribution in [2.24, 2.45) is 10.9 Å². The van der Waals surface area contributed by atoms with Gasteiger partial charge >= 0.3 is 0 Å². The van der Waals surface area contributed by atoms with Crippen molar-refractivity contribution in [2.75, 3.05) is 18.5 Å². The lowest BCUT2D eigenvalue weighted by Gasteiger charge is -2.21. The molecule has 0 radical (unpaired) electrons. The van der Waals surface area contributed by atoms with Crippen molar-refractivity contribution in [3.63, 3.8) is 0 Å². The van der Waals surface area contributed by atoms with Gasteiger partial charge in [-0.15, -0.1) is 0 Å². The molecule has 0 bridgehead atoms. The molecule has 1 aromatic carbocycles. The van der Waals surface area contributed by atoms with Crippen molar-refractivity contribution in [3.05, 3.63) is 24.0 Å². The molecule has 1 aromatic rings. The van der Waals surface area contributed by atoms with Crippen LogP contribution in [-0.2, 0) is 10.0 Å². The van der Waals surface area contributed by atoms with Gasteiger partial charge in [0, 0.05) is 19.6 Å². The largest absolute Gasteiger partial charge is 0.372 e. The number of primary sulfonamides is 1. The Labute approximate surface area is 107 Å². The molecule has 102 valence electrons. The standard InChI is InChI=1S/C11H18FN3O2S/c1-8(13)5-6-15(2)11-4-3-9(7-10(11)12)18(14,16)17/h3-4,7-8H,5-6,13H2,1-2H3,(H2,14,16,17). The number of anilines is 1. The third-order valence-corrected chi connectivity index (χ3v) is 3.49. The van der Waals surface area contributed by atoms with Crippen LogP contribution in [0.2, 0.25) is 0 Å². The van der Waals surface area contributed by atoms with Crippen LogP contribution in [0.15, 0.2) is 23.1 Å². The maximum Gasteiger partial charge on any atom is 0.238 e. The smallest absolute Gasteiger partial charge is 0.238 e. The number of nitrogens with two attached hydrogens (primary N) is 2. The Morgan fingerprint density at radius 1 is 1.44 bits per heavy atom. The van der Waals surface area contributed by atoms with Crippen molar-refractivity contribution in [1.29, 1.82) is 0 Å². The summed E-state index contributed by atoms with van der Waals surface area (Å²) >= 11 is 0. The summed E-state index contributed by atoms with van der Waals surface area (Å²) in [5, 5.41) is 4.93. The number of hydrogen-bond acceptors (Lipinski definition) is 4. The van der Waals surface area contributed by atoms with Gasteiger partial charge in [-0.05, 0) is 31.5 Å². The van der Waals surface area contributed by atoms with Crippen molar-refractivity contribution in [1.82, 2.24) is 0 Å². The molecular formula is C11H18FN3O2S. The molecule has 4 N–H and O–H groups in total. The predicted molar refractivity (Wildman–Crippen MR) is 69.3 cm³/mol. The molecule has 0 saturated carbocycles. The molecule has 0 aliphatic heterocycles. The van der Waals surface area contributed by atoms with Crippen molar-refractivity contribution in [3.8, 4) is 0 Å². The first-order valence-electron chi connectivity index (χ1n) is 5.51. The Kier molecular flexibility index (Phi) is 4.66. The van der Waals surface area contributed by atoms with Crippen LogP contribution in [0.3, 0.4) is 0 Å². The zero-order chi connectivity index (χ0) is 13.9. The lowest BCUT2D eigenvalue weighted by Crippen LogP contribution is -2.26. The summed E-state index contributed by atoms with van der Waals surface area (Å²) in [6.07, 6.45) is 0.715. The van der Waals surface area contributed by atoms with E-state index in [0.717, 1.165) is 6.07 Å². The maximum absolute atomic E-state index is 13.8. The second-order valence-electron chi connectivity index (χ2n) is 4.35. The Morgan fingerprint density at radius 3 is 2.50 bits per heavy atom. The number of rotatable bonds is 5. The Bertz CT molecular complexity index is 517. The molecule has 0 aliphatic rings. The molecule has 1 rings (SSSR count). The van der Waals surface area contributed by atoms with Crippen LogP contribution in [0.4, 0.5) is 10.1 Å². The van der Waals surface area contributed by atoms with Crippen molar-refractivity contribution in [2.45, 2.75) is 24.3 Å². The van der Waals surface area contributed by atoms with Crippen LogP contribution < -0.4 is 15.8 Å². The van der Waals surface area contributed by atoms with Gasteiger partial charge in [0.15, 0.2) is 0 Å². The third-order valence-electron chi connectivity index (χ3n) is 2.58. The summed E-state index contributed by atoms with van der Waals surface area (Å²) in [6.45, 7) is 2.46. The van der Waals surface area contributed by atoms with Gasteiger partial charge in [0.1, 0.15) is 5.82 Å². The van der Waals surface area contributed by atoms with E-state index in [1.807, 2.05) is 6.92 Å². The highest BCUT2D eigenvalue weighted by molar-refractivity contribution is 7.89. The van der Waals surface area contributed by atoms with E-state index < -0.39 is 15.8 Å². The zero-order valence-electron chi connectivity index (χ0n) is 10.4. The Hall–Kier alpha value is -1.18. The van der Waals surface area contributed by atoms with E-state index in [1.54, 1.807) is 11.9 Å². The highest BCUT2D eigenvalue weighted by Crippen LogP contribution is 2.21. The van der Waals surface area contributed by atoms with E-state index in [2.05, 4.69) is 0 Å². The van der Waals surface area contributed by atoms with Gasteiger partial charge in [-0.1, -0.05) is 0 Å². The van der Waals surface area contributed by atoms with Crippen LogP contribution >= 0.6 is 0 Å². The molecule has 0 spiro atoms. The molecular weight excluding hydrogens is 257 g/mol. The first kappa shape index (κ1) is 14.9. The second kappa shape index (κ2) is 5.64. The highest BCUT2D eigenvalue weighted by atomic mass is 32.2. The Balaban J connectivity index is 2.92. The van der Waals surface area contributed by atoms with E-state index >= 15 is 0 Å². The normalized spacial score (nSPS) is 13.4. The minimum Gasteiger partial charge on any atom is -0.372 e. The minimum absolute atomic E-state index is 0.0270. The summed E-state index contributed by atoms with van der Waals surface area (Å²) in [7, 11) is -2.15. The minimum atomic E-state index is -3.87. The first-order valence-corrected chi connectivity index (χ1v) is 7.05. The molecule has 0 aliphatic carbocycles. The number of benzene rings is 1. The van der Waals surface area contributed by atoms with Gasteiger partial charge in [-0.2, -0.15) is 0 Å². The summed E-state index contributed by atoms with van der Waals surface area (Å²) in [5.41, 5.74) is 5.94. The first-order chi connectivity index (χ1) is 8.21. The average molecular weight is 275 g/mol. The molecule has 0 saturated heterocycles. The lowest BCUT2D eigenvalue weighted by molar-refractivity contribution is 0.590. The van der Waals surface area contributed by atoms with Crippen LogP contribution in [-0.4, -0.2) is 28.1 Å².